The first-order valence-electron chi connectivity index (χ1n) is 12.1. The Morgan fingerprint density at radius 3 is 2.50 bits per heavy atom. The van der Waals surface area contributed by atoms with Crippen molar-refractivity contribution in [1.82, 2.24) is 29.3 Å². The predicted octanol–water partition coefficient (Wildman–Crippen LogP) is 3.48. The van der Waals surface area contributed by atoms with Crippen molar-refractivity contribution in [1.29, 1.82) is 0 Å². The quantitative estimate of drug-likeness (QED) is 0.444. The lowest BCUT2D eigenvalue weighted by Crippen LogP contribution is -2.35. The van der Waals surface area contributed by atoms with Crippen molar-refractivity contribution < 1.29 is 9.18 Å². The first kappa shape index (κ1) is 22.5. The number of hydrogen-bond acceptors (Lipinski definition) is 6. The third kappa shape index (κ3) is 3.42. The molecule has 9 nitrogen and oxygen atoms in total. The third-order valence-electron chi connectivity index (χ3n) is 7.42. The number of halogens is 1. The molecule has 4 aromatic rings. The van der Waals surface area contributed by atoms with Crippen molar-refractivity contribution in [3.8, 4) is 11.1 Å². The zero-order valence-electron chi connectivity index (χ0n) is 20.1. The highest BCUT2D eigenvalue weighted by Gasteiger charge is 2.49. The Labute approximate surface area is 206 Å². The molecule has 1 aromatic carbocycles. The number of carbonyl (C=O) groups excluding carboxylic acids is 1. The van der Waals surface area contributed by atoms with Crippen molar-refractivity contribution >= 4 is 16.9 Å². The van der Waals surface area contributed by atoms with Gasteiger partial charge in [-0.25, -0.2) is 24.0 Å². The Hall–Kier alpha value is -3.95. The van der Waals surface area contributed by atoms with Gasteiger partial charge in [0.15, 0.2) is 5.65 Å². The molecule has 0 aliphatic heterocycles. The fourth-order valence-electron chi connectivity index (χ4n) is 5.14. The van der Waals surface area contributed by atoms with E-state index in [0.717, 1.165) is 35.0 Å². The molecule has 36 heavy (non-hydrogen) atoms. The summed E-state index contributed by atoms with van der Waals surface area (Å²) in [6.45, 7) is 4.02. The molecular formula is C26H26FN7O2. The van der Waals surface area contributed by atoms with Crippen LogP contribution in [-0.4, -0.2) is 41.4 Å². The van der Waals surface area contributed by atoms with Crippen LogP contribution in [0.1, 0.15) is 73.5 Å². The van der Waals surface area contributed by atoms with E-state index in [-0.39, 0.29) is 28.9 Å². The molecule has 2 saturated carbocycles. The molecule has 0 unspecified atom stereocenters. The number of fused-ring (bicyclic) bond motifs is 1. The van der Waals surface area contributed by atoms with Crippen LogP contribution in [0.3, 0.4) is 0 Å². The van der Waals surface area contributed by atoms with Gasteiger partial charge in [-0.05, 0) is 50.7 Å². The van der Waals surface area contributed by atoms with Crippen molar-refractivity contribution in [2.45, 2.75) is 63.2 Å². The Morgan fingerprint density at radius 1 is 1.17 bits per heavy atom. The smallest absolute Gasteiger partial charge is 0.286 e. The van der Waals surface area contributed by atoms with Crippen molar-refractivity contribution in [2.75, 3.05) is 0 Å². The number of nitrogens with two attached hydrogens (primary N) is 1. The first-order valence-corrected chi connectivity index (χ1v) is 12.1. The molecule has 1 amide bonds. The molecule has 3 heterocycles. The molecule has 0 radical (unpaired) electrons. The summed E-state index contributed by atoms with van der Waals surface area (Å²) >= 11 is 0. The monoisotopic (exact) mass is 487 g/mol. The molecule has 2 N–H and O–H groups in total. The second kappa shape index (κ2) is 8.04. The largest absolute Gasteiger partial charge is 0.363 e. The molecule has 0 atom stereocenters. The van der Waals surface area contributed by atoms with Crippen LogP contribution in [0.15, 0.2) is 47.8 Å². The van der Waals surface area contributed by atoms with Crippen molar-refractivity contribution in [3.05, 3.63) is 70.4 Å². The van der Waals surface area contributed by atoms with Crippen LogP contribution in [0.5, 0.6) is 0 Å². The zero-order chi connectivity index (χ0) is 25.2. The van der Waals surface area contributed by atoms with E-state index in [4.69, 9.17) is 10.8 Å². The number of nitrogens with zero attached hydrogens (tertiary/aromatic N) is 6. The minimum absolute atomic E-state index is 0.0314. The van der Waals surface area contributed by atoms with Crippen molar-refractivity contribution in [2.24, 2.45) is 5.73 Å². The standard InChI is InChI=1S/C26H26FN7O2/c1-14(2)34-24-20(12-30-23(31-24)22(28)35)21(32-34)26(7-8-26)16-5-3-15(4-6-16)19-11-29-13-33(25(19)36)18-9-17(27)10-18/h3-6,11-14,17-18H,7-10H2,1-2H3,(H2,28,35). The highest BCUT2D eigenvalue weighted by atomic mass is 19.1. The number of alkyl halides is 1. The van der Waals surface area contributed by atoms with E-state index in [2.05, 4.69) is 15.0 Å². The fourth-order valence-corrected chi connectivity index (χ4v) is 5.14. The summed E-state index contributed by atoms with van der Waals surface area (Å²) in [5.74, 6) is -0.709. The summed E-state index contributed by atoms with van der Waals surface area (Å²) in [6, 6.07) is 7.82. The van der Waals surface area contributed by atoms with E-state index in [1.54, 1.807) is 17.0 Å². The van der Waals surface area contributed by atoms with Crippen LogP contribution in [0.25, 0.3) is 22.2 Å². The van der Waals surface area contributed by atoms with E-state index in [1.807, 2.05) is 42.8 Å². The van der Waals surface area contributed by atoms with Gasteiger partial charge in [0, 0.05) is 29.9 Å². The van der Waals surface area contributed by atoms with Crippen LogP contribution in [0.2, 0.25) is 0 Å². The van der Waals surface area contributed by atoms with Gasteiger partial charge in [-0.3, -0.25) is 14.2 Å². The molecule has 184 valence electrons. The minimum Gasteiger partial charge on any atom is -0.363 e. The van der Waals surface area contributed by atoms with Gasteiger partial charge in [-0.2, -0.15) is 5.10 Å². The molecule has 10 heteroatoms. The molecule has 6 rings (SSSR count). The number of benzene rings is 1. The molecule has 0 spiro atoms. The Kier molecular flexibility index (Phi) is 5.03. The highest BCUT2D eigenvalue weighted by molar-refractivity contribution is 5.91. The van der Waals surface area contributed by atoms with E-state index >= 15 is 0 Å². The lowest BCUT2D eigenvalue weighted by atomic mass is 9.89. The summed E-state index contributed by atoms with van der Waals surface area (Å²) in [7, 11) is 0. The summed E-state index contributed by atoms with van der Waals surface area (Å²) in [5.41, 5.74) is 8.79. The second-order valence-corrected chi connectivity index (χ2v) is 10.1. The molecular weight excluding hydrogens is 461 g/mol. The maximum absolute atomic E-state index is 13.3. The van der Waals surface area contributed by atoms with Crippen LogP contribution in [0.4, 0.5) is 4.39 Å². The number of hydrogen-bond donors (Lipinski definition) is 1. The molecule has 2 aliphatic rings. The summed E-state index contributed by atoms with van der Waals surface area (Å²) < 4.78 is 16.7. The highest BCUT2D eigenvalue weighted by Crippen LogP contribution is 2.54. The van der Waals surface area contributed by atoms with Crippen molar-refractivity contribution in [3.63, 3.8) is 0 Å². The molecule has 0 bridgehead atoms. The molecule has 0 saturated heterocycles. The van der Waals surface area contributed by atoms with Gasteiger partial charge < -0.3 is 5.73 Å². The summed E-state index contributed by atoms with van der Waals surface area (Å²) in [6.07, 6.45) is 6.40. The summed E-state index contributed by atoms with van der Waals surface area (Å²) in [4.78, 5) is 37.5. The van der Waals surface area contributed by atoms with Gasteiger partial charge in [-0.15, -0.1) is 0 Å². The van der Waals surface area contributed by atoms with Gasteiger partial charge >= 0.3 is 0 Å². The lowest BCUT2D eigenvalue weighted by molar-refractivity contribution is 0.0990. The second-order valence-electron chi connectivity index (χ2n) is 10.1. The first-order chi connectivity index (χ1) is 17.3. The van der Waals surface area contributed by atoms with Gasteiger partial charge in [0.25, 0.3) is 11.5 Å². The van der Waals surface area contributed by atoms with E-state index in [9.17, 15) is 14.0 Å². The lowest BCUT2D eigenvalue weighted by Gasteiger charge is -2.31. The van der Waals surface area contributed by atoms with E-state index in [0.29, 0.717) is 24.1 Å². The number of rotatable bonds is 6. The zero-order valence-corrected chi connectivity index (χ0v) is 20.1. The maximum Gasteiger partial charge on any atom is 0.286 e. The topological polar surface area (TPSA) is 122 Å². The van der Waals surface area contributed by atoms with Crippen LogP contribution < -0.4 is 11.3 Å². The maximum atomic E-state index is 13.3. The minimum atomic E-state index is -0.845. The number of carbonyl (C=O) groups is 1. The summed E-state index contributed by atoms with van der Waals surface area (Å²) in [5, 5.41) is 5.72. The normalized spacial score (nSPS) is 20.4. The molecule has 3 aromatic heterocycles. The van der Waals surface area contributed by atoms with E-state index < -0.39 is 12.1 Å². The average Bonchev–Trinajstić information content (AvgIpc) is 3.56. The van der Waals surface area contributed by atoms with Gasteiger partial charge in [0.2, 0.25) is 5.82 Å². The Balaban J connectivity index is 1.38. The Morgan fingerprint density at radius 2 is 1.89 bits per heavy atom. The number of aromatic nitrogens is 6. The fraction of sp³-hybridized carbons (Fsp3) is 0.385. The SMILES string of the molecule is CC(C)n1nc(C2(c3ccc(-c4cncn(C5CC(F)C5)c4=O)cc3)CC2)c2cnc(C(N)=O)nc21. The molecule has 2 fully saturated rings. The van der Waals surface area contributed by atoms with Gasteiger partial charge in [0.05, 0.1) is 23.0 Å². The van der Waals surface area contributed by atoms with Gasteiger partial charge in [-0.1, -0.05) is 24.3 Å². The van der Waals surface area contributed by atoms with Crippen LogP contribution in [0, 0.1) is 0 Å². The van der Waals surface area contributed by atoms with Crippen LogP contribution in [-0.2, 0) is 5.41 Å². The molecule has 2 aliphatic carbocycles. The number of amides is 1. The van der Waals surface area contributed by atoms with Gasteiger partial charge in [0.1, 0.15) is 6.17 Å². The third-order valence-corrected chi connectivity index (χ3v) is 7.42. The van der Waals surface area contributed by atoms with Crippen LogP contribution >= 0.6 is 0 Å². The number of primary amides is 1. The Bertz CT molecular complexity index is 1550. The predicted molar refractivity (Wildman–Crippen MR) is 131 cm³/mol. The average molecular weight is 488 g/mol. The van der Waals surface area contributed by atoms with E-state index in [1.165, 1.54) is 6.33 Å².